The molecule has 0 aliphatic rings. The Bertz CT molecular complexity index is 198. The topological polar surface area (TPSA) is 58.4 Å². The first-order valence-electron chi connectivity index (χ1n) is 5.48. The van der Waals surface area contributed by atoms with Crippen LogP contribution < -0.4 is 11.3 Å². The molecule has 15 heavy (non-hydrogen) atoms. The predicted octanol–water partition coefficient (Wildman–Crippen LogP) is 1.12. The third-order valence-corrected chi connectivity index (χ3v) is 2.99. The van der Waals surface area contributed by atoms with Crippen molar-refractivity contribution < 1.29 is 4.79 Å². The van der Waals surface area contributed by atoms with Gasteiger partial charge in [0.25, 0.3) is 0 Å². The molecule has 3 N–H and O–H groups in total. The van der Waals surface area contributed by atoms with Crippen LogP contribution in [0.5, 0.6) is 0 Å². The molecule has 1 unspecified atom stereocenters. The largest absolute Gasteiger partial charge is 0.303 e. The average molecular weight is 215 g/mol. The number of carbonyl (C=O) groups is 1. The monoisotopic (exact) mass is 215 g/mol. The highest BCUT2D eigenvalue weighted by molar-refractivity contribution is 5.75. The molecule has 0 rings (SSSR count). The molecule has 1 atom stereocenters. The molecule has 1 amide bonds. The summed E-state index contributed by atoms with van der Waals surface area (Å²) in [6, 6.07) is 0.499. The lowest BCUT2D eigenvalue weighted by Crippen LogP contribution is -2.40. The van der Waals surface area contributed by atoms with E-state index in [0.717, 1.165) is 13.0 Å². The van der Waals surface area contributed by atoms with E-state index in [4.69, 9.17) is 5.84 Å². The number of carbonyl (C=O) groups excluding carboxylic acids is 1. The van der Waals surface area contributed by atoms with Gasteiger partial charge in [-0.25, -0.2) is 5.84 Å². The van der Waals surface area contributed by atoms with Gasteiger partial charge in [0.15, 0.2) is 0 Å². The molecule has 0 radical (unpaired) electrons. The summed E-state index contributed by atoms with van der Waals surface area (Å²) < 4.78 is 0. The van der Waals surface area contributed by atoms with Crippen molar-refractivity contribution in [2.45, 2.75) is 46.6 Å². The van der Waals surface area contributed by atoms with Crippen molar-refractivity contribution >= 4 is 5.91 Å². The van der Waals surface area contributed by atoms with Gasteiger partial charge in [0, 0.05) is 12.5 Å². The fourth-order valence-electron chi connectivity index (χ4n) is 1.42. The second-order valence-electron chi connectivity index (χ2n) is 5.19. The number of hydrogen-bond acceptors (Lipinski definition) is 3. The lowest BCUT2D eigenvalue weighted by molar-refractivity contribution is -0.121. The fraction of sp³-hybridized carbons (Fsp3) is 0.909. The highest BCUT2D eigenvalue weighted by atomic mass is 16.2. The Hall–Kier alpha value is -0.610. The number of hydrazine groups is 1. The van der Waals surface area contributed by atoms with Crippen LogP contribution in [-0.2, 0) is 4.79 Å². The molecular weight excluding hydrogens is 190 g/mol. The minimum Gasteiger partial charge on any atom is -0.303 e. The molecule has 0 aliphatic carbocycles. The van der Waals surface area contributed by atoms with Crippen molar-refractivity contribution in [1.29, 1.82) is 0 Å². The third kappa shape index (κ3) is 5.74. The summed E-state index contributed by atoms with van der Waals surface area (Å²) >= 11 is 0. The third-order valence-electron chi connectivity index (χ3n) is 2.99. The molecule has 0 aromatic rings. The van der Waals surface area contributed by atoms with Crippen LogP contribution in [0.2, 0.25) is 0 Å². The Kier molecular flexibility index (Phi) is 5.83. The summed E-state index contributed by atoms with van der Waals surface area (Å²) in [5.41, 5.74) is 2.41. The van der Waals surface area contributed by atoms with Crippen molar-refractivity contribution in [2.24, 2.45) is 11.3 Å². The van der Waals surface area contributed by atoms with E-state index in [1.807, 2.05) is 0 Å². The van der Waals surface area contributed by atoms with Gasteiger partial charge in [-0.3, -0.25) is 10.2 Å². The Labute approximate surface area is 93.2 Å². The number of nitrogens with zero attached hydrogens (tertiary/aromatic N) is 1. The number of amides is 1. The van der Waals surface area contributed by atoms with Gasteiger partial charge in [0.05, 0.1) is 0 Å². The summed E-state index contributed by atoms with van der Waals surface area (Å²) in [5, 5.41) is 0. The lowest BCUT2D eigenvalue weighted by Gasteiger charge is -2.35. The molecular formula is C11H25N3O. The Balaban J connectivity index is 3.84. The number of rotatable bonds is 5. The Morgan fingerprint density at radius 1 is 1.47 bits per heavy atom. The van der Waals surface area contributed by atoms with Crippen LogP contribution in [0.15, 0.2) is 0 Å². The molecule has 0 fully saturated rings. The van der Waals surface area contributed by atoms with Gasteiger partial charge in [0.2, 0.25) is 5.91 Å². The summed E-state index contributed by atoms with van der Waals surface area (Å²) in [6.45, 7) is 9.80. The smallest absolute Gasteiger partial charge is 0.233 e. The maximum atomic E-state index is 10.9. The number of hydrogen-bond donors (Lipinski definition) is 2. The van der Waals surface area contributed by atoms with Gasteiger partial charge in [-0.2, -0.15) is 0 Å². The molecule has 0 aliphatic heterocycles. The molecule has 90 valence electrons. The van der Waals surface area contributed by atoms with Crippen LogP contribution in [0, 0.1) is 5.41 Å². The van der Waals surface area contributed by atoms with Crippen LogP contribution >= 0.6 is 0 Å². The van der Waals surface area contributed by atoms with Gasteiger partial charge < -0.3 is 4.90 Å². The Morgan fingerprint density at radius 2 is 2.00 bits per heavy atom. The van der Waals surface area contributed by atoms with Crippen LogP contribution in [-0.4, -0.2) is 30.4 Å². The highest BCUT2D eigenvalue weighted by Gasteiger charge is 2.23. The molecule has 0 saturated carbocycles. The van der Waals surface area contributed by atoms with Gasteiger partial charge >= 0.3 is 0 Å². The van der Waals surface area contributed by atoms with Crippen molar-refractivity contribution in [3.05, 3.63) is 0 Å². The standard InChI is InChI=1S/C11H25N3O/c1-9(11(2,3)4)14(5)8-6-7-10(15)13-12/h9H,6-8,12H2,1-5H3,(H,13,15). The van der Waals surface area contributed by atoms with E-state index in [1.54, 1.807) is 0 Å². The van der Waals surface area contributed by atoms with E-state index in [0.29, 0.717) is 12.5 Å². The van der Waals surface area contributed by atoms with E-state index < -0.39 is 0 Å². The van der Waals surface area contributed by atoms with Gasteiger partial charge in [-0.1, -0.05) is 20.8 Å². The van der Waals surface area contributed by atoms with Gasteiger partial charge in [0.1, 0.15) is 0 Å². The second-order valence-corrected chi connectivity index (χ2v) is 5.19. The molecule has 0 spiro atoms. The molecule has 0 saturated heterocycles. The van der Waals surface area contributed by atoms with Gasteiger partial charge in [-0.05, 0) is 32.4 Å². The molecule has 0 aromatic heterocycles. The molecule has 4 heteroatoms. The number of nitrogens with one attached hydrogen (secondary N) is 1. The highest BCUT2D eigenvalue weighted by Crippen LogP contribution is 2.22. The Morgan fingerprint density at radius 3 is 2.40 bits per heavy atom. The first kappa shape index (κ1) is 14.4. The fourth-order valence-corrected chi connectivity index (χ4v) is 1.42. The van der Waals surface area contributed by atoms with Crippen LogP contribution in [0.3, 0.4) is 0 Å². The van der Waals surface area contributed by atoms with E-state index in [-0.39, 0.29) is 11.3 Å². The predicted molar refractivity (Wildman–Crippen MR) is 63.1 cm³/mol. The van der Waals surface area contributed by atoms with Gasteiger partial charge in [-0.15, -0.1) is 0 Å². The van der Waals surface area contributed by atoms with E-state index >= 15 is 0 Å². The average Bonchev–Trinajstić information content (AvgIpc) is 2.14. The quantitative estimate of drug-likeness (QED) is 0.410. The van der Waals surface area contributed by atoms with E-state index in [2.05, 4.69) is 45.1 Å². The first-order chi connectivity index (χ1) is 6.79. The molecule has 0 aromatic carbocycles. The lowest BCUT2D eigenvalue weighted by atomic mass is 9.87. The zero-order valence-electron chi connectivity index (χ0n) is 10.6. The summed E-state index contributed by atoms with van der Waals surface area (Å²) in [5.74, 6) is 4.91. The summed E-state index contributed by atoms with van der Waals surface area (Å²) in [7, 11) is 2.09. The normalized spacial score (nSPS) is 14.1. The van der Waals surface area contributed by atoms with Crippen LogP contribution in [0.25, 0.3) is 0 Å². The zero-order valence-corrected chi connectivity index (χ0v) is 10.6. The summed E-state index contributed by atoms with van der Waals surface area (Å²) in [6.07, 6.45) is 1.34. The van der Waals surface area contributed by atoms with Crippen molar-refractivity contribution in [3.8, 4) is 0 Å². The minimum absolute atomic E-state index is 0.0909. The van der Waals surface area contributed by atoms with E-state index in [9.17, 15) is 4.79 Å². The number of nitrogens with two attached hydrogens (primary N) is 1. The van der Waals surface area contributed by atoms with Crippen molar-refractivity contribution in [3.63, 3.8) is 0 Å². The summed E-state index contributed by atoms with van der Waals surface area (Å²) in [4.78, 5) is 13.2. The maximum absolute atomic E-state index is 10.9. The SMILES string of the molecule is CC(N(C)CCCC(=O)NN)C(C)(C)C. The first-order valence-corrected chi connectivity index (χ1v) is 5.48. The van der Waals surface area contributed by atoms with Crippen LogP contribution in [0.1, 0.15) is 40.5 Å². The second kappa shape index (κ2) is 6.08. The van der Waals surface area contributed by atoms with Crippen molar-refractivity contribution in [1.82, 2.24) is 10.3 Å². The molecule has 0 bridgehead atoms. The van der Waals surface area contributed by atoms with Crippen LogP contribution in [0.4, 0.5) is 0 Å². The van der Waals surface area contributed by atoms with Crippen molar-refractivity contribution in [2.75, 3.05) is 13.6 Å². The molecule has 0 heterocycles. The van der Waals surface area contributed by atoms with E-state index in [1.165, 1.54) is 0 Å². The zero-order chi connectivity index (χ0) is 12.1. The molecule has 4 nitrogen and oxygen atoms in total. The maximum Gasteiger partial charge on any atom is 0.233 e. The minimum atomic E-state index is -0.0909.